The molecule has 1 amide bonds. The Kier molecular flexibility index (Phi) is 4.33. The third-order valence-corrected chi connectivity index (χ3v) is 1.34. The standard InChI is InChI=1S/C10H17NO4/c1-6(2)7(8(12)13)11-9(14)15-10(3,4)5/h1-5H3,(H,11,14)(H,12,13). The van der Waals surface area contributed by atoms with Crippen molar-refractivity contribution in [1.82, 2.24) is 5.32 Å². The molecule has 0 saturated carbocycles. The molecule has 0 saturated heterocycles. The number of allylic oxidation sites excluding steroid dienone is 1. The Morgan fingerprint density at radius 3 is 1.93 bits per heavy atom. The summed E-state index contributed by atoms with van der Waals surface area (Å²) >= 11 is 0. The van der Waals surface area contributed by atoms with E-state index in [2.05, 4.69) is 5.32 Å². The lowest BCUT2D eigenvalue weighted by Gasteiger charge is -2.20. The van der Waals surface area contributed by atoms with Crippen molar-refractivity contribution in [2.45, 2.75) is 40.2 Å². The van der Waals surface area contributed by atoms with Crippen LogP contribution in [0.4, 0.5) is 4.79 Å². The Labute approximate surface area is 89.1 Å². The first kappa shape index (κ1) is 13.5. The van der Waals surface area contributed by atoms with Gasteiger partial charge < -0.3 is 9.84 Å². The number of carbonyl (C=O) groups excluding carboxylic acids is 1. The molecule has 5 heteroatoms. The first-order valence-electron chi connectivity index (χ1n) is 4.54. The zero-order chi connectivity index (χ0) is 12.2. The number of hydrogen-bond donors (Lipinski definition) is 2. The van der Waals surface area contributed by atoms with Gasteiger partial charge in [0, 0.05) is 0 Å². The highest BCUT2D eigenvalue weighted by Crippen LogP contribution is 2.08. The van der Waals surface area contributed by atoms with Crippen LogP contribution < -0.4 is 5.32 Å². The van der Waals surface area contributed by atoms with Crippen LogP contribution in [0.15, 0.2) is 11.3 Å². The van der Waals surface area contributed by atoms with E-state index < -0.39 is 17.7 Å². The second-order valence-electron chi connectivity index (χ2n) is 4.31. The van der Waals surface area contributed by atoms with Crippen LogP contribution in [0.3, 0.4) is 0 Å². The monoisotopic (exact) mass is 215 g/mol. The van der Waals surface area contributed by atoms with Gasteiger partial charge in [0.05, 0.1) is 0 Å². The normalized spacial score (nSPS) is 10.5. The van der Waals surface area contributed by atoms with Gasteiger partial charge >= 0.3 is 12.1 Å². The number of aliphatic carboxylic acids is 1. The van der Waals surface area contributed by atoms with Crippen LogP contribution in [-0.2, 0) is 9.53 Å². The molecule has 0 bridgehead atoms. The molecule has 0 aliphatic rings. The SMILES string of the molecule is CC(C)=C(NC(=O)OC(C)(C)C)C(=O)O. The highest BCUT2D eigenvalue weighted by atomic mass is 16.6. The predicted molar refractivity (Wildman–Crippen MR) is 55.4 cm³/mol. The molecule has 86 valence electrons. The summed E-state index contributed by atoms with van der Waals surface area (Å²) in [5.74, 6) is -1.18. The quantitative estimate of drug-likeness (QED) is 0.690. The zero-order valence-electron chi connectivity index (χ0n) is 9.67. The molecule has 0 rings (SSSR count). The first-order chi connectivity index (χ1) is 6.63. The molecule has 0 unspecified atom stereocenters. The van der Waals surface area contributed by atoms with E-state index in [1.54, 1.807) is 34.6 Å². The number of alkyl carbamates (subject to hydrolysis) is 1. The Balaban J connectivity index is 4.54. The van der Waals surface area contributed by atoms with E-state index in [4.69, 9.17) is 9.84 Å². The number of hydrogen-bond acceptors (Lipinski definition) is 3. The fourth-order valence-electron chi connectivity index (χ4n) is 0.798. The van der Waals surface area contributed by atoms with Crippen molar-refractivity contribution in [3.8, 4) is 0 Å². The van der Waals surface area contributed by atoms with Crippen LogP contribution in [0.5, 0.6) is 0 Å². The Hall–Kier alpha value is -1.52. The minimum Gasteiger partial charge on any atom is -0.477 e. The van der Waals surface area contributed by atoms with Crippen molar-refractivity contribution < 1.29 is 19.4 Å². The summed E-state index contributed by atoms with van der Waals surface area (Å²) in [6, 6.07) is 0. The van der Waals surface area contributed by atoms with Crippen LogP contribution in [0.1, 0.15) is 34.6 Å². The summed E-state index contributed by atoms with van der Waals surface area (Å²) in [5, 5.41) is 11.0. The van der Waals surface area contributed by atoms with E-state index in [9.17, 15) is 9.59 Å². The largest absolute Gasteiger partial charge is 0.477 e. The van der Waals surface area contributed by atoms with Gasteiger partial charge in [0.25, 0.3) is 0 Å². The van der Waals surface area contributed by atoms with Gasteiger partial charge in [-0.2, -0.15) is 0 Å². The van der Waals surface area contributed by atoms with Gasteiger partial charge in [-0.15, -0.1) is 0 Å². The zero-order valence-corrected chi connectivity index (χ0v) is 9.67. The molecule has 0 fully saturated rings. The third kappa shape index (κ3) is 5.72. The van der Waals surface area contributed by atoms with Gasteiger partial charge in [-0.1, -0.05) is 0 Å². The number of carbonyl (C=O) groups is 2. The summed E-state index contributed by atoms with van der Waals surface area (Å²) in [6.45, 7) is 8.31. The predicted octanol–water partition coefficient (Wildman–Crippen LogP) is 1.89. The van der Waals surface area contributed by atoms with E-state index in [-0.39, 0.29) is 5.70 Å². The van der Waals surface area contributed by atoms with E-state index in [0.717, 1.165) is 0 Å². The molecule has 2 N–H and O–H groups in total. The second kappa shape index (κ2) is 4.82. The van der Waals surface area contributed by atoms with Crippen molar-refractivity contribution in [1.29, 1.82) is 0 Å². The molecule has 0 aliphatic carbocycles. The summed E-state index contributed by atoms with van der Waals surface area (Å²) < 4.78 is 4.92. The van der Waals surface area contributed by atoms with Crippen LogP contribution in [-0.4, -0.2) is 22.8 Å². The van der Waals surface area contributed by atoms with Gasteiger partial charge in [-0.05, 0) is 40.2 Å². The molecule has 0 heterocycles. The molecule has 5 nitrogen and oxygen atoms in total. The molecule has 0 radical (unpaired) electrons. The van der Waals surface area contributed by atoms with E-state index in [1.165, 1.54) is 0 Å². The smallest absolute Gasteiger partial charge is 0.412 e. The van der Waals surface area contributed by atoms with Crippen LogP contribution in [0.2, 0.25) is 0 Å². The van der Waals surface area contributed by atoms with Crippen molar-refractivity contribution in [2.24, 2.45) is 0 Å². The van der Waals surface area contributed by atoms with Crippen molar-refractivity contribution >= 4 is 12.1 Å². The van der Waals surface area contributed by atoms with Crippen molar-refractivity contribution in [3.63, 3.8) is 0 Å². The number of amides is 1. The molecule has 0 aromatic carbocycles. The topological polar surface area (TPSA) is 75.6 Å². The van der Waals surface area contributed by atoms with Gasteiger partial charge in [-0.3, -0.25) is 5.32 Å². The third-order valence-electron chi connectivity index (χ3n) is 1.34. The van der Waals surface area contributed by atoms with Crippen LogP contribution >= 0.6 is 0 Å². The summed E-state index contributed by atoms with van der Waals surface area (Å²) in [7, 11) is 0. The molecule has 0 aromatic heterocycles. The maximum absolute atomic E-state index is 11.2. The number of nitrogens with one attached hydrogen (secondary N) is 1. The summed E-state index contributed by atoms with van der Waals surface area (Å²) in [6.07, 6.45) is -0.763. The minimum absolute atomic E-state index is 0.149. The van der Waals surface area contributed by atoms with Gasteiger partial charge in [0.1, 0.15) is 11.3 Å². The van der Waals surface area contributed by atoms with E-state index >= 15 is 0 Å². The lowest BCUT2D eigenvalue weighted by molar-refractivity contribution is -0.133. The van der Waals surface area contributed by atoms with Gasteiger partial charge in [-0.25, -0.2) is 9.59 Å². The number of ether oxygens (including phenoxy) is 1. The summed E-state index contributed by atoms with van der Waals surface area (Å²) in [5.41, 5.74) is -0.285. The van der Waals surface area contributed by atoms with Gasteiger partial charge in [0.2, 0.25) is 0 Å². The first-order valence-corrected chi connectivity index (χ1v) is 4.54. The maximum atomic E-state index is 11.2. The fourth-order valence-corrected chi connectivity index (χ4v) is 0.798. The molecule has 0 aromatic rings. The van der Waals surface area contributed by atoms with E-state index in [0.29, 0.717) is 5.57 Å². The molecule has 15 heavy (non-hydrogen) atoms. The lowest BCUT2D eigenvalue weighted by Crippen LogP contribution is -2.34. The number of rotatable bonds is 2. The highest BCUT2D eigenvalue weighted by Gasteiger charge is 2.19. The highest BCUT2D eigenvalue weighted by molar-refractivity contribution is 5.91. The molecule has 0 spiro atoms. The lowest BCUT2D eigenvalue weighted by atomic mass is 10.2. The Morgan fingerprint density at radius 1 is 1.20 bits per heavy atom. The Morgan fingerprint density at radius 2 is 1.67 bits per heavy atom. The summed E-state index contributed by atoms with van der Waals surface area (Å²) in [4.78, 5) is 22.0. The Bertz CT molecular complexity index is 295. The maximum Gasteiger partial charge on any atom is 0.412 e. The molecule has 0 atom stereocenters. The fraction of sp³-hybridized carbons (Fsp3) is 0.600. The molecular formula is C10H17NO4. The minimum atomic E-state index is -1.18. The molecule has 0 aliphatic heterocycles. The average Bonchev–Trinajstić information content (AvgIpc) is 1.95. The average molecular weight is 215 g/mol. The molecular weight excluding hydrogens is 198 g/mol. The second-order valence-corrected chi connectivity index (χ2v) is 4.31. The van der Waals surface area contributed by atoms with Crippen LogP contribution in [0.25, 0.3) is 0 Å². The number of carboxylic acid groups (broad SMARTS) is 1. The van der Waals surface area contributed by atoms with Crippen molar-refractivity contribution in [2.75, 3.05) is 0 Å². The number of carboxylic acids is 1. The van der Waals surface area contributed by atoms with Gasteiger partial charge in [0.15, 0.2) is 0 Å². The van der Waals surface area contributed by atoms with E-state index in [1.807, 2.05) is 0 Å². The van der Waals surface area contributed by atoms with Crippen LogP contribution in [0, 0.1) is 0 Å². The van der Waals surface area contributed by atoms with Crippen molar-refractivity contribution in [3.05, 3.63) is 11.3 Å².